The molecule has 4 heteroatoms. The first-order valence-corrected chi connectivity index (χ1v) is 9.98. The number of nitrogens with one attached hydrogen (secondary N) is 1. The van der Waals surface area contributed by atoms with E-state index in [1.165, 1.54) is 12.8 Å². The van der Waals surface area contributed by atoms with Gasteiger partial charge in [-0.2, -0.15) is 0 Å². The Kier molecular flexibility index (Phi) is 7.52. The molecule has 20 heavy (non-hydrogen) atoms. The molecule has 0 spiro atoms. The van der Waals surface area contributed by atoms with Crippen LogP contribution >= 0.6 is 0 Å². The predicted octanol–water partition coefficient (Wildman–Crippen LogP) is 3.54. The summed E-state index contributed by atoms with van der Waals surface area (Å²) in [5, 5.41) is 3.08. The van der Waals surface area contributed by atoms with Crippen molar-refractivity contribution in [2.45, 2.75) is 89.2 Å². The van der Waals surface area contributed by atoms with E-state index in [-0.39, 0.29) is 22.5 Å². The lowest BCUT2D eigenvalue weighted by molar-refractivity contribution is 0.383. The molecule has 1 aliphatic rings. The van der Waals surface area contributed by atoms with Crippen molar-refractivity contribution >= 4 is 9.84 Å². The first-order chi connectivity index (χ1) is 9.41. The van der Waals surface area contributed by atoms with Crippen LogP contribution in [0.25, 0.3) is 0 Å². The van der Waals surface area contributed by atoms with Crippen molar-refractivity contribution in [3.05, 3.63) is 0 Å². The summed E-state index contributed by atoms with van der Waals surface area (Å²) in [5.74, 6) is 0.192. The maximum absolute atomic E-state index is 12.9. The molecule has 3 unspecified atom stereocenters. The number of rotatable bonds is 6. The zero-order valence-corrected chi connectivity index (χ0v) is 14.5. The van der Waals surface area contributed by atoms with E-state index in [2.05, 4.69) is 12.2 Å². The number of hydrogen-bond acceptors (Lipinski definition) is 3. The lowest BCUT2D eigenvalue weighted by Gasteiger charge is -2.33. The second kappa shape index (κ2) is 8.38. The van der Waals surface area contributed by atoms with Gasteiger partial charge in [0.2, 0.25) is 0 Å². The van der Waals surface area contributed by atoms with Crippen LogP contribution in [-0.4, -0.2) is 31.5 Å². The molecule has 0 bridgehead atoms. The summed E-state index contributed by atoms with van der Waals surface area (Å²) in [6, 6.07) is 0.154. The molecule has 0 aliphatic heterocycles. The van der Waals surface area contributed by atoms with Gasteiger partial charge in [-0.3, -0.25) is 0 Å². The summed E-state index contributed by atoms with van der Waals surface area (Å²) in [6.07, 6.45) is 7.54. The lowest BCUT2D eigenvalue weighted by atomic mass is 9.96. The molecule has 3 nitrogen and oxygen atoms in total. The molecule has 1 fully saturated rings. The van der Waals surface area contributed by atoms with Gasteiger partial charge >= 0.3 is 0 Å². The Bertz CT molecular complexity index is 363. The van der Waals surface area contributed by atoms with Gasteiger partial charge in [0.05, 0.1) is 10.5 Å². The highest BCUT2D eigenvalue weighted by Gasteiger charge is 2.37. The van der Waals surface area contributed by atoms with Crippen molar-refractivity contribution in [3.63, 3.8) is 0 Å². The van der Waals surface area contributed by atoms with E-state index in [1.54, 1.807) is 0 Å². The Hall–Kier alpha value is -0.0900. The second-order valence-electron chi connectivity index (χ2n) is 6.63. The van der Waals surface area contributed by atoms with Crippen LogP contribution in [0.3, 0.4) is 0 Å². The molecular weight excluding hydrogens is 270 g/mol. The molecule has 0 aromatic carbocycles. The molecule has 1 saturated carbocycles. The summed E-state index contributed by atoms with van der Waals surface area (Å²) < 4.78 is 25.9. The van der Waals surface area contributed by atoms with Gasteiger partial charge in [-0.1, -0.05) is 46.5 Å². The summed E-state index contributed by atoms with van der Waals surface area (Å²) in [4.78, 5) is 0. The van der Waals surface area contributed by atoms with Crippen molar-refractivity contribution in [1.82, 2.24) is 5.32 Å². The summed E-state index contributed by atoms with van der Waals surface area (Å²) in [7, 11) is -3.04. The average Bonchev–Trinajstić information content (AvgIpc) is 2.36. The van der Waals surface area contributed by atoms with Crippen molar-refractivity contribution in [2.75, 3.05) is 6.54 Å². The third-order valence-electron chi connectivity index (χ3n) is 4.74. The summed E-state index contributed by atoms with van der Waals surface area (Å²) >= 11 is 0. The Balaban J connectivity index is 2.92. The van der Waals surface area contributed by atoms with Crippen molar-refractivity contribution in [2.24, 2.45) is 5.92 Å². The van der Waals surface area contributed by atoms with E-state index in [9.17, 15) is 8.42 Å². The number of hydrogen-bond donors (Lipinski definition) is 1. The molecule has 1 N–H and O–H groups in total. The SMILES string of the molecule is CCCNC1CCCCCCC1S(=O)(=O)C(C)C(C)C. The Labute approximate surface area is 125 Å². The van der Waals surface area contributed by atoms with E-state index in [0.717, 1.165) is 38.6 Å². The van der Waals surface area contributed by atoms with Gasteiger partial charge < -0.3 is 5.32 Å². The zero-order chi connectivity index (χ0) is 15.2. The average molecular weight is 304 g/mol. The Morgan fingerprint density at radius 2 is 1.65 bits per heavy atom. The van der Waals surface area contributed by atoms with E-state index in [1.807, 2.05) is 20.8 Å². The molecule has 0 amide bonds. The maximum atomic E-state index is 12.9. The Morgan fingerprint density at radius 3 is 2.20 bits per heavy atom. The normalized spacial score (nSPS) is 27.1. The monoisotopic (exact) mass is 303 g/mol. The highest BCUT2D eigenvalue weighted by molar-refractivity contribution is 7.92. The smallest absolute Gasteiger partial charge is 0.157 e. The van der Waals surface area contributed by atoms with Gasteiger partial charge in [-0.25, -0.2) is 8.42 Å². The maximum Gasteiger partial charge on any atom is 0.157 e. The fourth-order valence-electron chi connectivity index (χ4n) is 3.06. The third kappa shape index (κ3) is 4.73. The topological polar surface area (TPSA) is 46.2 Å². The van der Waals surface area contributed by atoms with Crippen LogP contribution in [0.1, 0.15) is 72.6 Å². The van der Waals surface area contributed by atoms with E-state index in [4.69, 9.17) is 0 Å². The molecule has 0 aromatic rings. The predicted molar refractivity (Wildman–Crippen MR) is 86.8 cm³/mol. The Morgan fingerprint density at radius 1 is 1.05 bits per heavy atom. The minimum atomic E-state index is -3.04. The van der Waals surface area contributed by atoms with Gasteiger partial charge in [-0.05, 0) is 38.6 Å². The molecule has 1 rings (SSSR count). The van der Waals surface area contributed by atoms with Crippen molar-refractivity contribution in [3.8, 4) is 0 Å². The molecule has 0 radical (unpaired) electrons. The van der Waals surface area contributed by atoms with Crippen LogP contribution in [-0.2, 0) is 9.84 Å². The molecule has 0 saturated heterocycles. The summed E-state index contributed by atoms with van der Waals surface area (Å²) in [5.41, 5.74) is 0. The van der Waals surface area contributed by atoms with Gasteiger partial charge in [0.25, 0.3) is 0 Å². The standard InChI is InChI=1S/C16H33NO2S/c1-5-12-17-15-10-8-6-7-9-11-16(15)20(18,19)14(4)13(2)3/h13-17H,5-12H2,1-4H3. The quantitative estimate of drug-likeness (QED) is 0.816. The van der Waals surface area contributed by atoms with Crippen LogP contribution in [0.5, 0.6) is 0 Å². The highest BCUT2D eigenvalue weighted by Crippen LogP contribution is 2.28. The molecule has 0 heterocycles. The van der Waals surface area contributed by atoms with Crippen molar-refractivity contribution < 1.29 is 8.42 Å². The van der Waals surface area contributed by atoms with E-state index in [0.29, 0.717) is 0 Å². The number of sulfone groups is 1. The van der Waals surface area contributed by atoms with Crippen LogP contribution in [0, 0.1) is 5.92 Å². The van der Waals surface area contributed by atoms with Crippen LogP contribution < -0.4 is 5.32 Å². The first kappa shape index (κ1) is 18.0. The molecule has 120 valence electrons. The van der Waals surface area contributed by atoms with Gasteiger partial charge in [0.1, 0.15) is 0 Å². The minimum Gasteiger partial charge on any atom is -0.313 e. The van der Waals surface area contributed by atoms with Crippen molar-refractivity contribution in [1.29, 1.82) is 0 Å². The van der Waals surface area contributed by atoms with Gasteiger partial charge in [-0.15, -0.1) is 0 Å². The van der Waals surface area contributed by atoms with E-state index >= 15 is 0 Å². The third-order valence-corrected chi connectivity index (χ3v) is 7.73. The molecule has 3 atom stereocenters. The van der Waals surface area contributed by atoms with Gasteiger partial charge in [0, 0.05) is 6.04 Å². The van der Waals surface area contributed by atoms with Crippen LogP contribution in [0.2, 0.25) is 0 Å². The van der Waals surface area contributed by atoms with E-state index < -0.39 is 9.84 Å². The highest BCUT2D eigenvalue weighted by atomic mass is 32.2. The van der Waals surface area contributed by atoms with Crippen LogP contribution in [0.15, 0.2) is 0 Å². The lowest BCUT2D eigenvalue weighted by Crippen LogP contribution is -2.48. The largest absolute Gasteiger partial charge is 0.313 e. The zero-order valence-electron chi connectivity index (χ0n) is 13.7. The van der Waals surface area contributed by atoms with Crippen LogP contribution in [0.4, 0.5) is 0 Å². The first-order valence-electron chi connectivity index (χ1n) is 8.37. The fraction of sp³-hybridized carbons (Fsp3) is 1.00. The fourth-order valence-corrected chi connectivity index (χ4v) is 5.56. The molecular formula is C16H33NO2S. The molecule has 0 aromatic heterocycles. The molecule has 1 aliphatic carbocycles. The van der Waals surface area contributed by atoms with Gasteiger partial charge in [0.15, 0.2) is 9.84 Å². The minimum absolute atomic E-state index is 0.154. The summed E-state index contributed by atoms with van der Waals surface area (Å²) in [6.45, 7) is 8.97. The second-order valence-corrected chi connectivity index (χ2v) is 9.16.